The predicted molar refractivity (Wildman–Crippen MR) is 124 cm³/mol. The van der Waals surface area contributed by atoms with Gasteiger partial charge in [0.2, 0.25) is 4.96 Å². The van der Waals surface area contributed by atoms with E-state index < -0.39 is 12.0 Å². The molecule has 1 unspecified atom stereocenters. The Hall–Kier alpha value is -3.37. The number of thioether (sulfide) groups is 1. The third kappa shape index (κ3) is 3.71. The highest BCUT2D eigenvalue weighted by Gasteiger charge is 2.33. The quantitative estimate of drug-likeness (QED) is 0.331. The van der Waals surface area contributed by atoms with E-state index in [1.165, 1.54) is 11.8 Å². The number of thiazole rings is 1. The molecule has 3 heterocycles. The normalized spacial score (nSPS) is 16.3. The van der Waals surface area contributed by atoms with Crippen molar-refractivity contribution in [1.29, 1.82) is 0 Å². The highest BCUT2D eigenvalue weighted by atomic mass is 32.2. The van der Waals surface area contributed by atoms with E-state index >= 15 is 0 Å². The number of esters is 1. The van der Waals surface area contributed by atoms with Crippen LogP contribution >= 0.6 is 23.1 Å². The summed E-state index contributed by atoms with van der Waals surface area (Å²) in [6.45, 7) is 2.00. The molecule has 0 radical (unpaired) electrons. The molecule has 1 aliphatic rings. The molecule has 2 N–H and O–H groups in total. The lowest BCUT2D eigenvalue weighted by Gasteiger charge is -2.29. The summed E-state index contributed by atoms with van der Waals surface area (Å²) in [5, 5.41) is 14.9. The molecule has 1 atom stereocenters. The van der Waals surface area contributed by atoms with Crippen LogP contribution in [0.2, 0.25) is 0 Å². The number of benzene rings is 2. The second-order valence-corrected chi connectivity index (χ2v) is 8.97. The summed E-state index contributed by atoms with van der Waals surface area (Å²) in [7, 11) is 0. The SMILES string of the molecule is CCOC(=O)C1=C(CSc2nnc3sc4ccccc4n23)NC(=O)NC1c1ccccc1. The van der Waals surface area contributed by atoms with Crippen LogP contribution in [0.1, 0.15) is 18.5 Å². The Bertz CT molecular complexity index is 1350. The fourth-order valence-electron chi connectivity index (χ4n) is 3.66. The number of hydrogen-bond acceptors (Lipinski definition) is 7. The summed E-state index contributed by atoms with van der Waals surface area (Å²) in [6.07, 6.45) is 0. The highest BCUT2D eigenvalue weighted by Crippen LogP contribution is 2.33. The molecule has 2 aromatic carbocycles. The summed E-state index contributed by atoms with van der Waals surface area (Å²) in [6, 6.07) is 16.4. The number of urea groups is 1. The van der Waals surface area contributed by atoms with E-state index in [1.807, 2.05) is 59.0 Å². The molecular formula is C22H19N5O3S2. The Morgan fingerprint density at radius 1 is 1.16 bits per heavy atom. The first-order chi connectivity index (χ1) is 15.7. The van der Waals surface area contributed by atoms with Crippen LogP contribution in [0.4, 0.5) is 4.79 Å². The van der Waals surface area contributed by atoms with Gasteiger partial charge in [0.05, 0.1) is 28.4 Å². The molecule has 0 bridgehead atoms. The fraction of sp³-hybridized carbons (Fsp3) is 0.182. The minimum absolute atomic E-state index is 0.240. The first-order valence-electron chi connectivity index (χ1n) is 10.0. The van der Waals surface area contributed by atoms with Gasteiger partial charge in [0, 0.05) is 11.4 Å². The lowest BCUT2D eigenvalue weighted by atomic mass is 9.95. The van der Waals surface area contributed by atoms with Gasteiger partial charge in [0.1, 0.15) is 0 Å². The minimum atomic E-state index is -0.597. The molecule has 0 fully saturated rings. The van der Waals surface area contributed by atoms with Crippen LogP contribution < -0.4 is 10.6 Å². The third-order valence-electron chi connectivity index (χ3n) is 5.04. The van der Waals surface area contributed by atoms with Crippen LogP contribution in [-0.2, 0) is 9.53 Å². The maximum absolute atomic E-state index is 12.9. The van der Waals surface area contributed by atoms with Crippen molar-refractivity contribution in [3.8, 4) is 0 Å². The number of nitrogens with zero attached hydrogens (tertiary/aromatic N) is 3. The lowest BCUT2D eigenvalue weighted by Crippen LogP contribution is -2.46. The van der Waals surface area contributed by atoms with Crippen molar-refractivity contribution in [2.75, 3.05) is 12.4 Å². The van der Waals surface area contributed by atoms with Crippen LogP contribution in [0.25, 0.3) is 15.2 Å². The molecule has 5 rings (SSSR count). The number of aromatic nitrogens is 3. The summed E-state index contributed by atoms with van der Waals surface area (Å²) < 4.78 is 8.43. The molecule has 2 amide bonds. The molecule has 1 aliphatic heterocycles. The van der Waals surface area contributed by atoms with Crippen LogP contribution in [0.5, 0.6) is 0 Å². The standard InChI is InChI=1S/C22H19N5O3S2/c1-2-30-19(28)17-14(23-20(29)24-18(17)13-8-4-3-5-9-13)12-31-21-25-26-22-27(21)15-10-6-7-11-16(15)32-22/h3-11,18H,2,12H2,1H3,(H2,23,24,29). The Balaban J connectivity index is 1.52. The molecule has 162 valence electrons. The zero-order chi connectivity index (χ0) is 22.1. The summed E-state index contributed by atoms with van der Waals surface area (Å²) in [5.74, 6) is -0.132. The number of nitrogens with one attached hydrogen (secondary N) is 2. The van der Waals surface area contributed by atoms with Crippen molar-refractivity contribution in [3.63, 3.8) is 0 Å². The van der Waals surface area contributed by atoms with Gasteiger partial charge in [-0.15, -0.1) is 10.2 Å². The Labute approximate surface area is 191 Å². The van der Waals surface area contributed by atoms with Crippen molar-refractivity contribution in [2.45, 2.75) is 18.1 Å². The number of amides is 2. The Morgan fingerprint density at radius 2 is 1.94 bits per heavy atom. The van der Waals surface area contributed by atoms with Crippen molar-refractivity contribution >= 4 is 50.3 Å². The summed E-state index contributed by atoms with van der Waals surface area (Å²) in [5.41, 5.74) is 2.72. The topological polar surface area (TPSA) is 97.6 Å². The first-order valence-corrected chi connectivity index (χ1v) is 11.8. The van der Waals surface area contributed by atoms with E-state index in [0.29, 0.717) is 22.2 Å². The van der Waals surface area contributed by atoms with Gasteiger partial charge in [-0.05, 0) is 24.6 Å². The van der Waals surface area contributed by atoms with E-state index in [0.717, 1.165) is 20.7 Å². The number of para-hydroxylation sites is 1. The number of ether oxygens (including phenoxy) is 1. The summed E-state index contributed by atoms with van der Waals surface area (Å²) >= 11 is 2.97. The van der Waals surface area contributed by atoms with Crippen LogP contribution in [0.15, 0.2) is 71.0 Å². The molecular weight excluding hydrogens is 446 g/mol. The molecule has 32 heavy (non-hydrogen) atoms. The van der Waals surface area contributed by atoms with Gasteiger partial charge in [0.25, 0.3) is 0 Å². The van der Waals surface area contributed by atoms with Gasteiger partial charge in [-0.2, -0.15) is 0 Å². The van der Waals surface area contributed by atoms with Crippen molar-refractivity contribution in [3.05, 3.63) is 71.4 Å². The highest BCUT2D eigenvalue weighted by molar-refractivity contribution is 7.99. The smallest absolute Gasteiger partial charge is 0.338 e. The van der Waals surface area contributed by atoms with Gasteiger partial charge in [0.15, 0.2) is 5.16 Å². The lowest BCUT2D eigenvalue weighted by molar-refractivity contribution is -0.139. The van der Waals surface area contributed by atoms with Gasteiger partial charge in [-0.25, -0.2) is 9.59 Å². The number of carbonyl (C=O) groups is 2. The van der Waals surface area contributed by atoms with Gasteiger partial charge in [-0.1, -0.05) is 65.6 Å². The first kappa shape index (κ1) is 20.5. The average molecular weight is 466 g/mol. The maximum Gasteiger partial charge on any atom is 0.338 e. The summed E-state index contributed by atoms with van der Waals surface area (Å²) in [4.78, 5) is 26.1. The zero-order valence-electron chi connectivity index (χ0n) is 17.1. The monoisotopic (exact) mass is 465 g/mol. The molecule has 10 heteroatoms. The van der Waals surface area contributed by atoms with E-state index in [-0.39, 0.29) is 12.6 Å². The average Bonchev–Trinajstić information content (AvgIpc) is 3.37. The largest absolute Gasteiger partial charge is 0.463 e. The number of rotatable bonds is 6. The number of hydrogen-bond donors (Lipinski definition) is 2. The van der Waals surface area contributed by atoms with Crippen molar-refractivity contribution in [2.24, 2.45) is 0 Å². The van der Waals surface area contributed by atoms with Crippen molar-refractivity contribution in [1.82, 2.24) is 25.2 Å². The minimum Gasteiger partial charge on any atom is -0.463 e. The Kier molecular flexibility index (Phi) is 5.54. The molecule has 0 spiro atoms. The maximum atomic E-state index is 12.9. The molecule has 8 nitrogen and oxygen atoms in total. The van der Waals surface area contributed by atoms with E-state index in [2.05, 4.69) is 20.8 Å². The van der Waals surface area contributed by atoms with Crippen LogP contribution in [-0.4, -0.2) is 39.0 Å². The molecule has 2 aromatic heterocycles. The van der Waals surface area contributed by atoms with Gasteiger partial charge >= 0.3 is 12.0 Å². The Morgan fingerprint density at radius 3 is 2.75 bits per heavy atom. The number of fused-ring (bicyclic) bond motifs is 3. The van der Waals surface area contributed by atoms with E-state index in [1.54, 1.807) is 18.3 Å². The molecule has 0 saturated carbocycles. The van der Waals surface area contributed by atoms with E-state index in [9.17, 15) is 9.59 Å². The fourth-order valence-corrected chi connectivity index (χ4v) is 5.60. The second kappa shape index (κ2) is 8.64. The van der Waals surface area contributed by atoms with Crippen LogP contribution in [0, 0.1) is 0 Å². The third-order valence-corrected chi connectivity index (χ3v) is 7.01. The zero-order valence-corrected chi connectivity index (χ0v) is 18.7. The van der Waals surface area contributed by atoms with E-state index in [4.69, 9.17) is 4.74 Å². The predicted octanol–water partition coefficient (Wildman–Crippen LogP) is 3.91. The van der Waals surface area contributed by atoms with Crippen molar-refractivity contribution < 1.29 is 14.3 Å². The molecule has 4 aromatic rings. The molecule has 0 saturated heterocycles. The van der Waals surface area contributed by atoms with Crippen LogP contribution in [0.3, 0.4) is 0 Å². The van der Waals surface area contributed by atoms with Gasteiger partial charge in [-0.3, -0.25) is 4.40 Å². The second-order valence-electron chi connectivity index (χ2n) is 7.01. The molecule has 0 aliphatic carbocycles. The number of carbonyl (C=O) groups excluding carboxylic acids is 2. The van der Waals surface area contributed by atoms with Gasteiger partial charge < -0.3 is 15.4 Å².